The van der Waals surface area contributed by atoms with Crippen molar-refractivity contribution in [2.45, 2.75) is 70.8 Å². The summed E-state index contributed by atoms with van der Waals surface area (Å²) in [6.45, 7) is 11.3. The highest BCUT2D eigenvalue weighted by Gasteiger charge is 2.53. The van der Waals surface area contributed by atoms with E-state index in [2.05, 4.69) is 70.1 Å². The molecule has 0 aromatic heterocycles. The van der Waals surface area contributed by atoms with Gasteiger partial charge in [0.2, 0.25) is 0 Å². The van der Waals surface area contributed by atoms with Gasteiger partial charge in [-0.2, -0.15) is 0 Å². The Balaban J connectivity index is 0.000000872. The van der Waals surface area contributed by atoms with Gasteiger partial charge < -0.3 is 40.0 Å². The Labute approximate surface area is 298 Å². The van der Waals surface area contributed by atoms with Gasteiger partial charge in [-0.05, 0) is 68.2 Å². The van der Waals surface area contributed by atoms with Crippen LogP contribution < -0.4 is 0 Å². The van der Waals surface area contributed by atoms with Crippen molar-refractivity contribution in [3.63, 3.8) is 0 Å². The lowest BCUT2D eigenvalue weighted by Crippen LogP contribution is -2.55. The molecule has 0 unspecified atom stereocenters. The number of aliphatic hydroxyl groups is 4. The van der Waals surface area contributed by atoms with Crippen LogP contribution in [0.3, 0.4) is 0 Å². The van der Waals surface area contributed by atoms with Gasteiger partial charge in [0.1, 0.15) is 5.60 Å². The first kappa shape index (κ1) is 41.8. The summed E-state index contributed by atoms with van der Waals surface area (Å²) in [5.41, 5.74) is 3.82. The lowest BCUT2D eigenvalue weighted by atomic mass is 9.63. The van der Waals surface area contributed by atoms with Crippen LogP contribution in [0, 0.1) is 5.41 Å². The fourth-order valence-electron chi connectivity index (χ4n) is 6.55. The lowest BCUT2D eigenvalue weighted by Gasteiger charge is -2.46. The Morgan fingerprint density at radius 1 is 0.460 bits per heavy atom. The van der Waals surface area contributed by atoms with Crippen LogP contribution in [-0.4, -0.2) is 59.8 Å². The van der Waals surface area contributed by atoms with Crippen molar-refractivity contribution in [3.05, 3.63) is 142 Å². The molecule has 4 aromatic rings. The SMILES string of the molecule is CC(C)(C)c1ccccc1Cc1ccccc1C(O)(c1ccccc1Cc1ccccc1C(C)(C)C)C(CO)(CO)CO.OP(O)OP(O)O. The Kier molecular flexibility index (Phi) is 14.8. The summed E-state index contributed by atoms with van der Waals surface area (Å²) in [7, 11) is -5.22. The van der Waals surface area contributed by atoms with Crippen LogP contribution in [0.5, 0.6) is 0 Å². The highest BCUT2D eigenvalue weighted by atomic mass is 31.2. The summed E-state index contributed by atoms with van der Waals surface area (Å²) in [4.78, 5) is 31.3. The minimum atomic E-state index is -2.61. The Morgan fingerprint density at radius 2 is 0.720 bits per heavy atom. The monoisotopic (exact) mass is 726 g/mol. The van der Waals surface area contributed by atoms with Gasteiger partial charge in [-0.3, -0.25) is 0 Å². The topological polar surface area (TPSA) is 171 Å². The summed E-state index contributed by atoms with van der Waals surface area (Å²) in [6.07, 6.45) is 1.08. The second-order valence-electron chi connectivity index (χ2n) is 14.5. The van der Waals surface area contributed by atoms with Crippen molar-refractivity contribution in [2.75, 3.05) is 19.8 Å². The Bertz CT molecular complexity index is 1540. The van der Waals surface area contributed by atoms with E-state index in [4.69, 9.17) is 19.6 Å². The third-order valence-electron chi connectivity index (χ3n) is 9.05. The third-order valence-corrected chi connectivity index (χ3v) is 10.2. The molecule has 50 heavy (non-hydrogen) atoms. The zero-order valence-corrected chi connectivity index (χ0v) is 31.4. The first-order valence-corrected chi connectivity index (χ1v) is 18.7. The first-order chi connectivity index (χ1) is 23.4. The van der Waals surface area contributed by atoms with Crippen LogP contribution in [0.2, 0.25) is 0 Å². The summed E-state index contributed by atoms with van der Waals surface area (Å²) in [5.74, 6) is 0. The summed E-state index contributed by atoms with van der Waals surface area (Å²) < 4.78 is 3.60. The Morgan fingerprint density at radius 3 is 0.960 bits per heavy atom. The van der Waals surface area contributed by atoms with Gasteiger partial charge in [-0.25, -0.2) is 4.31 Å². The molecule has 4 aromatic carbocycles. The molecule has 0 saturated carbocycles. The van der Waals surface area contributed by atoms with E-state index in [-0.39, 0.29) is 10.8 Å². The number of aliphatic hydroxyl groups excluding tert-OH is 3. The zero-order valence-electron chi connectivity index (χ0n) is 29.7. The molecule has 272 valence electrons. The zero-order chi connectivity index (χ0) is 37.3. The molecule has 0 aliphatic carbocycles. The second-order valence-corrected chi connectivity index (χ2v) is 16.2. The van der Waals surface area contributed by atoms with Crippen molar-refractivity contribution in [2.24, 2.45) is 5.41 Å². The van der Waals surface area contributed by atoms with Gasteiger partial charge in [0.05, 0.1) is 25.2 Å². The van der Waals surface area contributed by atoms with Gasteiger partial charge in [-0.1, -0.05) is 139 Å². The van der Waals surface area contributed by atoms with Crippen LogP contribution >= 0.6 is 17.2 Å². The molecule has 11 heteroatoms. The van der Waals surface area contributed by atoms with E-state index >= 15 is 0 Å². The molecule has 0 bridgehead atoms. The third kappa shape index (κ3) is 9.82. The van der Waals surface area contributed by atoms with E-state index in [0.717, 1.165) is 22.3 Å². The normalized spacial score (nSPS) is 12.6. The van der Waals surface area contributed by atoms with E-state index in [1.54, 1.807) is 0 Å². The lowest BCUT2D eigenvalue weighted by molar-refractivity contribution is -0.136. The average Bonchev–Trinajstić information content (AvgIpc) is 3.05. The molecule has 4 rings (SSSR count). The summed E-state index contributed by atoms with van der Waals surface area (Å²) >= 11 is 0. The maximum atomic E-state index is 13.2. The molecule has 0 amide bonds. The maximum absolute atomic E-state index is 13.2. The maximum Gasteiger partial charge on any atom is 0.334 e. The fraction of sp³-hybridized carbons (Fsp3) is 0.385. The fourth-order valence-corrected chi connectivity index (χ4v) is 7.08. The van der Waals surface area contributed by atoms with E-state index < -0.39 is 48.0 Å². The van der Waals surface area contributed by atoms with Gasteiger partial charge in [0.25, 0.3) is 0 Å². The van der Waals surface area contributed by atoms with E-state index in [9.17, 15) is 20.4 Å². The number of rotatable bonds is 12. The predicted molar refractivity (Wildman–Crippen MR) is 199 cm³/mol. The number of hydrogen-bond acceptors (Lipinski definition) is 9. The molecule has 0 radical (unpaired) electrons. The molecule has 0 heterocycles. The van der Waals surface area contributed by atoms with Gasteiger partial charge in [-0.15, -0.1) is 0 Å². The second kappa shape index (κ2) is 17.7. The van der Waals surface area contributed by atoms with E-state index in [1.165, 1.54) is 11.1 Å². The van der Waals surface area contributed by atoms with E-state index in [0.29, 0.717) is 24.0 Å². The highest BCUT2D eigenvalue weighted by molar-refractivity contribution is 7.53. The molecule has 0 saturated heterocycles. The van der Waals surface area contributed by atoms with Crippen LogP contribution in [0.4, 0.5) is 0 Å². The van der Waals surface area contributed by atoms with Crippen LogP contribution in [-0.2, 0) is 33.6 Å². The quantitative estimate of drug-likeness (QED) is 0.0806. The van der Waals surface area contributed by atoms with Gasteiger partial charge in [0.15, 0.2) is 0 Å². The van der Waals surface area contributed by atoms with Crippen LogP contribution in [0.15, 0.2) is 97.1 Å². The van der Waals surface area contributed by atoms with Gasteiger partial charge >= 0.3 is 17.2 Å². The molecule has 0 spiro atoms. The molecule has 0 atom stereocenters. The molecule has 0 aliphatic rings. The summed E-state index contributed by atoms with van der Waals surface area (Å²) in [5, 5.41) is 45.6. The standard InChI is InChI=1S/C39H48O4.H4O5P2/c1-36(2,3)32-19-11-7-15-28(32)23-30-17-9-13-21-34(30)39(43,38(25-40,26-41)27-42)35-22-14-10-18-31(35)24-29-16-8-12-20-33(29)37(4,5)6;1-6(2)5-7(3)4/h7-22,40-43H,23-27H2,1-6H3;1-4H. The van der Waals surface area contributed by atoms with Crippen molar-refractivity contribution < 1.29 is 44.3 Å². The van der Waals surface area contributed by atoms with Crippen molar-refractivity contribution in [1.82, 2.24) is 0 Å². The molecule has 8 N–H and O–H groups in total. The number of hydrogen-bond donors (Lipinski definition) is 8. The van der Waals surface area contributed by atoms with Crippen molar-refractivity contribution in [3.8, 4) is 0 Å². The highest BCUT2D eigenvalue weighted by Crippen LogP contribution is 2.48. The average molecular weight is 727 g/mol. The first-order valence-electron chi connectivity index (χ1n) is 16.4. The van der Waals surface area contributed by atoms with Gasteiger partial charge in [0, 0.05) is 0 Å². The van der Waals surface area contributed by atoms with Crippen molar-refractivity contribution in [1.29, 1.82) is 0 Å². The minimum absolute atomic E-state index is 0.0834. The summed E-state index contributed by atoms with van der Waals surface area (Å²) in [6, 6.07) is 32.0. The molecule has 0 fully saturated rings. The van der Waals surface area contributed by atoms with Crippen LogP contribution in [0.25, 0.3) is 0 Å². The minimum Gasteiger partial charge on any atom is -0.395 e. The Hall–Kier alpha value is -2.62. The predicted octanol–water partition coefficient (Wildman–Crippen LogP) is 6.09. The molecular formula is C39H52O9P2. The molecule has 9 nitrogen and oxygen atoms in total. The van der Waals surface area contributed by atoms with Crippen molar-refractivity contribution >= 4 is 17.2 Å². The largest absolute Gasteiger partial charge is 0.395 e. The molecular weight excluding hydrogens is 674 g/mol. The number of benzene rings is 4. The van der Waals surface area contributed by atoms with E-state index in [1.807, 2.05) is 72.8 Å². The van der Waals surface area contributed by atoms with Crippen LogP contribution in [0.1, 0.15) is 86.1 Å². The smallest absolute Gasteiger partial charge is 0.334 e. The molecule has 0 aliphatic heterocycles.